The van der Waals surface area contributed by atoms with E-state index in [0.29, 0.717) is 17.6 Å². The van der Waals surface area contributed by atoms with Crippen LogP contribution in [0.4, 0.5) is 5.82 Å². The molecule has 0 saturated carbocycles. The van der Waals surface area contributed by atoms with Gasteiger partial charge in [0.1, 0.15) is 30.8 Å². The SMILES string of the molecule is CC(C)C(=O)OC[C@H]1O[C@@H](n2cnc3c(N)ncnc32)C[C@@H]1O. The number of esters is 1. The maximum absolute atomic E-state index is 11.5. The normalized spacial score (nSPS) is 24.4. The van der Waals surface area contributed by atoms with Gasteiger partial charge >= 0.3 is 5.97 Å². The molecule has 1 aliphatic heterocycles. The second-order valence-corrected chi connectivity index (χ2v) is 5.80. The smallest absolute Gasteiger partial charge is 0.308 e. The minimum atomic E-state index is -0.739. The van der Waals surface area contributed by atoms with Crippen molar-refractivity contribution in [1.82, 2.24) is 19.5 Å². The number of nitrogen functional groups attached to an aromatic ring is 1. The van der Waals surface area contributed by atoms with Gasteiger partial charge in [0.05, 0.1) is 18.3 Å². The van der Waals surface area contributed by atoms with Gasteiger partial charge in [-0.05, 0) is 0 Å². The van der Waals surface area contributed by atoms with Gasteiger partial charge in [0.25, 0.3) is 0 Å². The summed E-state index contributed by atoms with van der Waals surface area (Å²) in [6.45, 7) is 3.51. The molecule has 3 N–H and O–H groups in total. The molecule has 124 valence electrons. The number of rotatable bonds is 4. The van der Waals surface area contributed by atoms with Crippen LogP contribution >= 0.6 is 0 Å². The van der Waals surface area contributed by atoms with Crippen LogP contribution in [0, 0.1) is 5.92 Å². The van der Waals surface area contributed by atoms with Crippen molar-refractivity contribution in [2.75, 3.05) is 12.3 Å². The summed E-state index contributed by atoms with van der Waals surface area (Å²) >= 11 is 0. The first-order valence-electron chi connectivity index (χ1n) is 7.40. The monoisotopic (exact) mass is 321 g/mol. The van der Waals surface area contributed by atoms with E-state index in [2.05, 4.69) is 15.0 Å². The Bertz CT molecular complexity index is 716. The van der Waals surface area contributed by atoms with Crippen molar-refractivity contribution < 1.29 is 19.4 Å². The molecule has 0 spiro atoms. The van der Waals surface area contributed by atoms with Gasteiger partial charge in [-0.1, -0.05) is 13.8 Å². The minimum Gasteiger partial charge on any atom is -0.463 e. The molecule has 0 bridgehead atoms. The second-order valence-electron chi connectivity index (χ2n) is 5.80. The number of hydrogen-bond acceptors (Lipinski definition) is 8. The van der Waals surface area contributed by atoms with Crippen LogP contribution in [0.3, 0.4) is 0 Å². The number of aliphatic hydroxyl groups is 1. The molecule has 1 fully saturated rings. The summed E-state index contributed by atoms with van der Waals surface area (Å²) in [7, 11) is 0. The number of aliphatic hydroxyl groups excluding tert-OH is 1. The van der Waals surface area contributed by atoms with E-state index in [1.807, 2.05) is 0 Å². The average Bonchev–Trinajstić information content (AvgIpc) is 3.09. The van der Waals surface area contributed by atoms with Crippen molar-refractivity contribution in [3.8, 4) is 0 Å². The van der Waals surface area contributed by atoms with E-state index in [0.717, 1.165) is 0 Å². The molecule has 0 radical (unpaired) electrons. The summed E-state index contributed by atoms with van der Waals surface area (Å²) in [5.41, 5.74) is 6.78. The van der Waals surface area contributed by atoms with Crippen LogP contribution in [-0.4, -0.2) is 49.4 Å². The lowest BCUT2D eigenvalue weighted by Crippen LogP contribution is -2.29. The molecule has 3 heterocycles. The largest absolute Gasteiger partial charge is 0.463 e. The molecule has 9 nitrogen and oxygen atoms in total. The Morgan fingerprint density at radius 2 is 2.30 bits per heavy atom. The summed E-state index contributed by atoms with van der Waals surface area (Å²) < 4.78 is 12.6. The van der Waals surface area contributed by atoms with E-state index < -0.39 is 18.4 Å². The highest BCUT2D eigenvalue weighted by Gasteiger charge is 2.36. The van der Waals surface area contributed by atoms with E-state index in [-0.39, 0.29) is 24.3 Å². The predicted octanol–water partition coefficient (Wildman–Crippen LogP) is 0.256. The van der Waals surface area contributed by atoms with Crippen molar-refractivity contribution >= 4 is 23.0 Å². The first-order chi connectivity index (χ1) is 11.0. The third kappa shape index (κ3) is 2.97. The van der Waals surface area contributed by atoms with Crippen LogP contribution in [0.15, 0.2) is 12.7 Å². The number of ether oxygens (including phenoxy) is 2. The predicted molar refractivity (Wildman–Crippen MR) is 80.1 cm³/mol. The Hall–Kier alpha value is -2.26. The molecule has 3 rings (SSSR count). The summed E-state index contributed by atoms with van der Waals surface area (Å²) in [6.07, 6.45) is 1.47. The highest BCUT2D eigenvalue weighted by Crippen LogP contribution is 2.31. The molecular formula is C14H19N5O4. The number of nitrogens with zero attached hydrogens (tertiary/aromatic N) is 4. The zero-order valence-corrected chi connectivity index (χ0v) is 12.9. The van der Waals surface area contributed by atoms with E-state index in [4.69, 9.17) is 15.2 Å². The molecule has 0 amide bonds. The summed E-state index contributed by atoms with van der Waals surface area (Å²) in [6, 6.07) is 0. The third-order valence-corrected chi connectivity index (χ3v) is 3.76. The average molecular weight is 321 g/mol. The maximum atomic E-state index is 11.5. The van der Waals surface area contributed by atoms with Crippen LogP contribution in [-0.2, 0) is 14.3 Å². The molecule has 0 unspecified atom stereocenters. The lowest BCUT2D eigenvalue weighted by molar-refractivity contribution is -0.153. The first-order valence-corrected chi connectivity index (χ1v) is 7.40. The maximum Gasteiger partial charge on any atom is 0.308 e. The molecule has 3 atom stereocenters. The van der Waals surface area contributed by atoms with E-state index in [1.54, 1.807) is 24.7 Å². The summed E-state index contributed by atoms with van der Waals surface area (Å²) in [4.78, 5) is 23.7. The van der Waals surface area contributed by atoms with Crippen molar-refractivity contribution in [1.29, 1.82) is 0 Å². The zero-order chi connectivity index (χ0) is 16.6. The zero-order valence-electron chi connectivity index (χ0n) is 12.9. The Morgan fingerprint density at radius 1 is 1.52 bits per heavy atom. The topological polar surface area (TPSA) is 125 Å². The Balaban J connectivity index is 1.72. The third-order valence-electron chi connectivity index (χ3n) is 3.76. The Labute approximate surface area is 132 Å². The molecule has 2 aromatic heterocycles. The van der Waals surface area contributed by atoms with Crippen molar-refractivity contribution in [3.63, 3.8) is 0 Å². The molecule has 0 aromatic carbocycles. The number of fused-ring (bicyclic) bond motifs is 1. The van der Waals surface area contributed by atoms with Gasteiger partial charge in [0.15, 0.2) is 11.5 Å². The molecule has 1 saturated heterocycles. The Morgan fingerprint density at radius 3 is 3.04 bits per heavy atom. The molecule has 9 heteroatoms. The van der Waals surface area contributed by atoms with E-state index in [9.17, 15) is 9.90 Å². The highest BCUT2D eigenvalue weighted by molar-refractivity contribution is 5.81. The van der Waals surface area contributed by atoms with E-state index >= 15 is 0 Å². The number of imidazole rings is 1. The number of anilines is 1. The first kappa shape index (κ1) is 15.6. The van der Waals surface area contributed by atoms with Gasteiger partial charge in [-0.15, -0.1) is 0 Å². The van der Waals surface area contributed by atoms with Crippen molar-refractivity contribution in [2.24, 2.45) is 5.92 Å². The van der Waals surface area contributed by atoms with Gasteiger partial charge in [-0.2, -0.15) is 0 Å². The number of carbonyl (C=O) groups is 1. The van der Waals surface area contributed by atoms with E-state index in [1.165, 1.54) is 6.33 Å². The molecule has 23 heavy (non-hydrogen) atoms. The minimum absolute atomic E-state index is 0.0123. The molecule has 0 aliphatic carbocycles. The lowest BCUT2D eigenvalue weighted by Gasteiger charge is -2.16. The Kier molecular flexibility index (Phi) is 4.14. The number of hydrogen-bond donors (Lipinski definition) is 2. The second kappa shape index (κ2) is 6.09. The molecule has 2 aromatic rings. The number of nitrogens with two attached hydrogens (primary N) is 1. The fourth-order valence-corrected chi connectivity index (χ4v) is 2.45. The fraction of sp³-hybridized carbons (Fsp3) is 0.571. The van der Waals surface area contributed by atoms with Gasteiger partial charge in [0.2, 0.25) is 0 Å². The van der Waals surface area contributed by atoms with Crippen LogP contribution in [0.2, 0.25) is 0 Å². The van der Waals surface area contributed by atoms with Gasteiger partial charge in [0, 0.05) is 6.42 Å². The highest BCUT2D eigenvalue weighted by atomic mass is 16.6. The van der Waals surface area contributed by atoms with Gasteiger partial charge < -0.3 is 20.3 Å². The standard InChI is InChI=1S/C14H19N5O4/c1-7(2)14(21)22-4-9-8(20)3-10(23-9)19-6-18-11-12(15)16-5-17-13(11)19/h5-10,20H,3-4H2,1-2H3,(H2,15,16,17)/t8-,9+,10+/m0/s1. The van der Waals surface area contributed by atoms with Crippen LogP contribution in [0.1, 0.15) is 26.5 Å². The van der Waals surface area contributed by atoms with Gasteiger partial charge in [-0.3, -0.25) is 9.36 Å². The number of carbonyl (C=O) groups excluding carboxylic acids is 1. The number of aromatic nitrogens is 4. The lowest BCUT2D eigenvalue weighted by atomic mass is 10.2. The summed E-state index contributed by atoms with van der Waals surface area (Å²) in [5.74, 6) is -0.255. The van der Waals surface area contributed by atoms with Crippen molar-refractivity contribution in [3.05, 3.63) is 12.7 Å². The van der Waals surface area contributed by atoms with Crippen molar-refractivity contribution in [2.45, 2.75) is 38.7 Å². The fourth-order valence-electron chi connectivity index (χ4n) is 2.45. The summed E-state index contributed by atoms with van der Waals surface area (Å²) in [5, 5.41) is 10.1. The molecular weight excluding hydrogens is 302 g/mol. The molecule has 1 aliphatic rings. The van der Waals surface area contributed by atoms with Gasteiger partial charge in [-0.25, -0.2) is 15.0 Å². The van der Waals surface area contributed by atoms with Crippen LogP contribution in [0.5, 0.6) is 0 Å². The quantitative estimate of drug-likeness (QED) is 0.768. The van der Waals surface area contributed by atoms with Crippen LogP contribution in [0.25, 0.3) is 11.2 Å². The van der Waals surface area contributed by atoms with Crippen LogP contribution < -0.4 is 5.73 Å².